The number of rotatable bonds is 2. The van der Waals surface area contributed by atoms with Gasteiger partial charge in [-0.2, -0.15) is 0 Å². The fraction of sp³-hybridized carbons (Fsp3) is 0.538. The predicted molar refractivity (Wildman–Crippen MR) is 61.5 cm³/mol. The van der Waals surface area contributed by atoms with Crippen LogP contribution in [0.15, 0.2) is 18.2 Å². The molecule has 1 N–H and O–H groups in total. The molecule has 3 rings (SSSR count). The molecule has 0 spiro atoms. The van der Waals surface area contributed by atoms with Crippen molar-refractivity contribution in [3.8, 4) is 5.75 Å². The van der Waals surface area contributed by atoms with E-state index >= 15 is 0 Å². The van der Waals surface area contributed by atoms with E-state index in [0.717, 1.165) is 18.7 Å². The molecule has 2 aliphatic rings. The second kappa shape index (κ2) is 3.76. The number of benzene rings is 1. The van der Waals surface area contributed by atoms with Crippen LogP contribution in [0.5, 0.6) is 5.75 Å². The van der Waals surface area contributed by atoms with Crippen LogP contribution in [0.25, 0.3) is 0 Å². The molecular formula is C13H17NO. The van der Waals surface area contributed by atoms with Gasteiger partial charge >= 0.3 is 0 Å². The first-order valence-electron chi connectivity index (χ1n) is 5.96. The van der Waals surface area contributed by atoms with Gasteiger partial charge in [-0.05, 0) is 44.2 Å². The molecule has 2 heteroatoms. The molecule has 0 bridgehead atoms. The Balaban J connectivity index is 1.82. The minimum absolute atomic E-state index is 0.470. The van der Waals surface area contributed by atoms with Crippen LogP contribution in [-0.4, -0.2) is 12.6 Å². The molecule has 0 aromatic heterocycles. The van der Waals surface area contributed by atoms with E-state index in [1.54, 1.807) is 0 Å². The normalized spacial score (nSPS) is 20.0. The standard InChI is InChI=1S/C13H17NO/c1-2-5-10(4-1)15-13-7-3-6-12-11(13)8-9-14-12/h3,6-7,10,14H,1-2,4-5,8-9H2. The minimum Gasteiger partial charge on any atom is -0.490 e. The molecule has 2 nitrogen and oxygen atoms in total. The summed E-state index contributed by atoms with van der Waals surface area (Å²) < 4.78 is 6.08. The van der Waals surface area contributed by atoms with E-state index < -0.39 is 0 Å². The Bertz CT molecular complexity index is 356. The summed E-state index contributed by atoms with van der Waals surface area (Å²) in [5.74, 6) is 1.12. The van der Waals surface area contributed by atoms with Gasteiger partial charge < -0.3 is 10.1 Å². The summed E-state index contributed by atoms with van der Waals surface area (Å²) in [5, 5.41) is 3.39. The van der Waals surface area contributed by atoms with Crippen LogP contribution >= 0.6 is 0 Å². The Morgan fingerprint density at radius 3 is 2.93 bits per heavy atom. The summed E-state index contributed by atoms with van der Waals surface area (Å²) >= 11 is 0. The van der Waals surface area contributed by atoms with Crippen molar-refractivity contribution in [3.05, 3.63) is 23.8 Å². The van der Waals surface area contributed by atoms with Crippen LogP contribution in [-0.2, 0) is 6.42 Å². The Morgan fingerprint density at radius 2 is 2.07 bits per heavy atom. The molecule has 0 atom stereocenters. The summed E-state index contributed by atoms with van der Waals surface area (Å²) in [7, 11) is 0. The highest BCUT2D eigenvalue weighted by Gasteiger charge is 2.20. The molecule has 0 radical (unpaired) electrons. The Kier molecular flexibility index (Phi) is 2.28. The van der Waals surface area contributed by atoms with E-state index in [2.05, 4.69) is 23.5 Å². The SMILES string of the molecule is c1cc2c(c(OC3CCCC3)c1)CCN2. The number of hydrogen-bond donors (Lipinski definition) is 1. The smallest absolute Gasteiger partial charge is 0.125 e. The molecule has 1 aliphatic heterocycles. The summed E-state index contributed by atoms with van der Waals surface area (Å²) in [6.07, 6.45) is 6.71. The van der Waals surface area contributed by atoms with Crippen molar-refractivity contribution < 1.29 is 4.74 Å². The zero-order valence-electron chi connectivity index (χ0n) is 8.96. The maximum Gasteiger partial charge on any atom is 0.125 e. The molecule has 1 heterocycles. The Morgan fingerprint density at radius 1 is 1.20 bits per heavy atom. The maximum atomic E-state index is 6.08. The number of anilines is 1. The Hall–Kier alpha value is -1.18. The molecular weight excluding hydrogens is 186 g/mol. The van der Waals surface area contributed by atoms with Crippen molar-refractivity contribution in [3.63, 3.8) is 0 Å². The van der Waals surface area contributed by atoms with Crippen molar-refractivity contribution in [1.82, 2.24) is 0 Å². The second-order valence-corrected chi connectivity index (χ2v) is 4.48. The van der Waals surface area contributed by atoms with E-state index in [1.165, 1.54) is 36.9 Å². The van der Waals surface area contributed by atoms with E-state index in [9.17, 15) is 0 Å². The van der Waals surface area contributed by atoms with Gasteiger partial charge in [0, 0.05) is 17.8 Å². The highest BCUT2D eigenvalue weighted by Crippen LogP contribution is 2.33. The summed E-state index contributed by atoms with van der Waals surface area (Å²) in [4.78, 5) is 0. The largest absolute Gasteiger partial charge is 0.490 e. The van der Waals surface area contributed by atoms with E-state index in [4.69, 9.17) is 4.74 Å². The second-order valence-electron chi connectivity index (χ2n) is 4.48. The predicted octanol–water partition coefficient (Wildman–Crippen LogP) is 2.98. The van der Waals surface area contributed by atoms with Gasteiger partial charge in [0.2, 0.25) is 0 Å². The number of fused-ring (bicyclic) bond motifs is 1. The zero-order valence-corrected chi connectivity index (χ0v) is 8.96. The van der Waals surface area contributed by atoms with Crippen molar-refractivity contribution in [2.75, 3.05) is 11.9 Å². The summed E-state index contributed by atoms with van der Waals surface area (Å²) in [6.45, 7) is 1.06. The minimum atomic E-state index is 0.470. The first-order chi connectivity index (χ1) is 7.43. The van der Waals surface area contributed by atoms with Gasteiger partial charge in [-0.1, -0.05) is 6.07 Å². The van der Waals surface area contributed by atoms with Crippen LogP contribution in [0.3, 0.4) is 0 Å². The Labute approximate surface area is 90.6 Å². The first-order valence-corrected chi connectivity index (χ1v) is 5.96. The van der Waals surface area contributed by atoms with Gasteiger partial charge in [0.25, 0.3) is 0 Å². The van der Waals surface area contributed by atoms with Crippen molar-refractivity contribution >= 4 is 5.69 Å². The third kappa shape index (κ3) is 1.69. The average molecular weight is 203 g/mol. The molecule has 1 saturated carbocycles. The molecule has 1 aliphatic carbocycles. The van der Waals surface area contributed by atoms with Crippen LogP contribution in [0, 0.1) is 0 Å². The van der Waals surface area contributed by atoms with E-state index in [-0.39, 0.29) is 0 Å². The van der Waals surface area contributed by atoms with Gasteiger partial charge in [0.1, 0.15) is 5.75 Å². The van der Waals surface area contributed by atoms with E-state index in [0.29, 0.717) is 6.10 Å². The number of hydrogen-bond acceptors (Lipinski definition) is 2. The van der Waals surface area contributed by atoms with E-state index in [1.807, 2.05) is 0 Å². The lowest BCUT2D eigenvalue weighted by atomic mass is 10.1. The monoisotopic (exact) mass is 203 g/mol. The zero-order chi connectivity index (χ0) is 10.1. The molecule has 1 fully saturated rings. The fourth-order valence-corrected chi connectivity index (χ4v) is 2.61. The molecule has 0 amide bonds. The number of nitrogens with one attached hydrogen (secondary N) is 1. The van der Waals surface area contributed by atoms with Crippen molar-refractivity contribution in [2.45, 2.75) is 38.2 Å². The summed E-state index contributed by atoms with van der Waals surface area (Å²) in [6, 6.07) is 6.34. The topological polar surface area (TPSA) is 21.3 Å². The van der Waals surface area contributed by atoms with Gasteiger partial charge in [-0.15, -0.1) is 0 Å². The average Bonchev–Trinajstić information content (AvgIpc) is 2.87. The third-order valence-corrected chi connectivity index (χ3v) is 3.42. The molecule has 1 aromatic rings. The fourth-order valence-electron chi connectivity index (χ4n) is 2.61. The summed E-state index contributed by atoms with van der Waals surface area (Å²) in [5.41, 5.74) is 2.65. The van der Waals surface area contributed by atoms with Gasteiger partial charge in [0.15, 0.2) is 0 Å². The quantitative estimate of drug-likeness (QED) is 0.797. The van der Waals surface area contributed by atoms with Crippen molar-refractivity contribution in [1.29, 1.82) is 0 Å². The van der Waals surface area contributed by atoms with Crippen LogP contribution in [0.1, 0.15) is 31.2 Å². The molecule has 0 saturated heterocycles. The molecule has 0 unspecified atom stereocenters. The van der Waals surface area contributed by atoms with Crippen molar-refractivity contribution in [2.24, 2.45) is 0 Å². The first kappa shape index (κ1) is 9.08. The lowest BCUT2D eigenvalue weighted by molar-refractivity contribution is 0.208. The van der Waals surface area contributed by atoms with Gasteiger partial charge in [-0.3, -0.25) is 0 Å². The van der Waals surface area contributed by atoms with Crippen LogP contribution < -0.4 is 10.1 Å². The molecule has 80 valence electrons. The van der Waals surface area contributed by atoms with Gasteiger partial charge in [0.05, 0.1) is 6.10 Å². The van der Waals surface area contributed by atoms with Gasteiger partial charge in [-0.25, -0.2) is 0 Å². The van der Waals surface area contributed by atoms with Crippen LogP contribution in [0.2, 0.25) is 0 Å². The third-order valence-electron chi connectivity index (χ3n) is 3.42. The highest BCUT2D eigenvalue weighted by atomic mass is 16.5. The maximum absolute atomic E-state index is 6.08. The highest BCUT2D eigenvalue weighted by molar-refractivity contribution is 5.61. The molecule has 1 aromatic carbocycles. The number of ether oxygens (including phenoxy) is 1. The molecule has 15 heavy (non-hydrogen) atoms. The van der Waals surface area contributed by atoms with Crippen LogP contribution in [0.4, 0.5) is 5.69 Å². The lowest BCUT2D eigenvalue weighted by Crippen LogP contribution is -2.11. The lowest BCUT2D eigenvalue weighted by Gasteiger charge is -2.15.